The van der Waals surface area contributed by atoms with Crippen molar-refractivity contribution >= 4 is 27.1 Å². The Morgan fingerprint density at radius 3 is 2.50 bits per heavy atom. The number of carbonyl (C=O) groups is 1. The van der Waals surface area contributed by atoms with E-state index in [9.17, 15) is 26.4 Å². The third-order valence-electron chi connectivity index (χ3n) is 5.16. The number of hydrogen-bond acceptors (Lipinski definition) is 4. The van der Waals surface area contributed by atoms with Crippen molar-refractivity contribution in [1.29, 1.82) is 0 Å². The molecule has 0 saturated heterocycles. The molecule has 168 valence electrons. The normalized spacial score (nSPS) is 14.5. The Kier molecular flexibility index (Phi) is 6.24. The topological polar surface area (TPSA) is 63.2 Å². The quantitative estimate of drug-likeness (QED) is 0.481. The van der Waals surface area contributed by atoms with Gasteiger partial charge in [-0.05, 0) is 70.1 Å². The molecule has 1 heterocycles. The van der Waals surface area contributed by atoms with Crippen LogP contribution in [0.5, 0.6) is 0 Å². The molecule has 0 spiro atoms. The van der Waals surface area contributed by atoms with Gasteiger partial charge in [-0.3, -0.25) is 4.79 Å². The molecule has 3 aromatic rings. The van der Waals surface area contributed by atoms with Crippen molar-refractivity contribution in [2.24, 2.45) is 0 Å². The number of rotatable bonds is 8. The Morgan fingerprint density at radius 2 is 1.84 bits per heavy atom. The maximum absolute atomic E-state index is 13.0. The summed E-state index contributed by atoms with van der Waals surface area (Å²) >= 11 is 1.47. The molecule has 0 radical (unpaired) electrons. The molecule has 4 rings (SSSR count). The molecule has 0 bridgehead atoms. The van der Waals surface area contributed by atoms with Gasteiger partial charge in [-0.2, -0.15) is 24.5 Å². The summed E-state index contributed by atoms with van der Waals surface area (Å²) in [5.41, 5.74) is 1.58. The van der Waals surface area contributed by atoms with Crippen LogP contribution in [0, 0.1) is 0 Å². The Labute approximate surface area is 188 Å². The maximum Gasteiger partial charge on any atom is 0.416 e. The molecule has 32 heavy (non-hydrogen) atoms. The van der Waals surface area contributed by atoms with E-state index in [0.29, 0.717) is 5.56 Å². The van der Waals surface area contributed by atoms with E-state index in [-0.39, 0.29) is 35.1 Å². The molecular weight excluding hydrogens is 459 g/mol. The lowest BCUT2D eigenvalue weighted by molar-refractivity contribution is -0.137. The van der Waals surface area contributed by atoms with Gasteiger partial charge in [0.25, 0.3) is 0 Å². The fourth-order valence-electron chi connectivity index (χ4n) is 3.43. The largest absolute Gasteiger partial charge is 0.416 e. The van der Waals surface area contributed by atoms with Gasteiger partial charge in [0.2, 0.25) is 10.0 Å². The second kappa shape index (κ2) is 8.80. The monoisotopic (exact) mass is 479 g/mol. The molecule has 0 amide bonds. The number of thiophene rings is 1. The number of alkyl halides is 3. The summed E-state index contributed by atoms with van der Waals surface area (Å²) in [7, 11) is -3.71. The minimum absolute atomic E-state index is 0.0532. The van der Waals surface area contributed by atoms with Crippen LogP contribution < -0.4 is 4.72 Å². The second-order valence-electron chi connectivity index (χ2n) is 7.82. The fraction of sp³-hybridized carbons (Fsp3) is 0.261. The minimum atomic E-state index is -4.48. The van der Waals surface area contributed by atoms with E-state index < -0.39 is 21.8 Å². The van der Waals surface area contributed by atoms with E-state index >= 15 is 0 Å². The van der Waals surface area contributed by atoms with E-state index in [1.165, 1.54) is 35.6 Å². The van der Waals surface area contributed by atoms with Crippen molar-refractivity contribution < 1.29 is 26.4 Å². The highest BCUT2D eigenvalue weighted by molar-refractivity contribution is 7.89. The number of carbonyl (C=O) groups excluding carboxylic acids is 1. The minimum Gasteiger partial charge on any atom is -0.299 e. The molecule has 9 heteroatoms. The number of nitrogens with one attached hydrogen (secondary N) is 1. The van der Waals surface area contributed by atoms with Gasteiger partial charge in [-0.25, -0.2) is 13.1 Å². The summed E-state index contributed by atoms with van der Waals surface area (Å²) in [6, 6.07) is 11.2. The Hall–Kier alpha value is -2.49. The van der Waals surface area contributed by atoms with Crippen LogP contribution in [0.4, 0.5) is 13.2 Å². The number of Topliss-reactive ketones (excluding diaryl/α,β-unsaturated/α-hetero) is 1. The van der Waals surface area contributed by atoms with E-state index in [1.54, 1.807) is 6.07 Å². The molecule has 4 nitrogen and oxygen atoms in total. The van der Waals surface area contributed by atoms with Gasteiger partial charge in [0, 0.05) is 18.9 Å². The lowest BCUT2D eigenvalue weighted by Crippen LogP contribution is -2.25. The third-order valence-corrected chi connectivity index (χ3v) is 7.36. The molecule has 1 aliphatic carbocycles. The molecule has 0 atom stereocenters. The van der Waals surface area contributed by atoms with E-state index in [1.807, 2.05) is 16.8 Å². The molecule has 2 aromatic carbocycles. The van der Waals surface area contributed by atoms with Crippen LogP contribution in [-0.4, -0.2) is 20.2 Å². The molecule has 0 aliphatic heterocycles. The van der Waals surface area contributed by atoms with Crippen LogP contribution in [0.3, 0.4) is 0 Å². The molecule has 1 aliphatic rings. The molecule has 1 N–H and O–H groups in total. The summed E-state index contributed by atoms with van der Waals surface area (Å²) in [4.78, 5) is 12.8. The Bertz CT molecular complexity index is 1230. The van der Waals surface area contributed by atoms with Gasteiger partial charge < -0.3 is 0 Å². The average molecular weight is 480 g/mol. The van der Waals surface area contributed by atoms with Crippen LogP contribution in [-0.2, 0) is 33.8 Å². The van der Waals surface area contributed by atoms with Crippen LogP contribution in [0.2, 0.25) is 0 Å². The van der Waals surface area contributed by atoms with Crippen molar-refractivity contribution in [3.05, 3.63) is 76.0 Å². The molecular formula is C23H20F3NO3S2. The van der Waals surface area contributed by atoms with Gasteiger partial charge in [-0.1, -0.05) is 24.3 Å². The number of benzene rings is 2. The maximum atomic E-state index is 13.0. The average Bonchev–Trinajstić information content (AvgIpc) is 3.35. The number of halogens is 3. The van der Waals surface area contributed by atoms with Gasteiger partial charge in [0.15, 0.2) is 0 Å². The molecule has 1 aromatic heterocycles. The number of sulfonamides is 1. The number of hydrogen-bond donors (Lipinski definition) is 1. The van der Waals surface area contributed by atoms with E-state index in [4.69, 9.17) is 0 Å². The van der Waals surface area contributed by atoms with Crippen molar-refractivity contribution in [2.45, 2.75) is 42.8 Å². The summed E-state index contributed by atoms with van der Waals surface area (Å²) in [5, 5.41) is 3.77. The van der Waals surface area contributed by atoms with Crippen molar-refractivity contribution in [2.75, 3.05) is 0 Å². The Morgan fingerprint density at radius 1 is 1.06 bits per heavy atom. The van der Waals surface area contributed by atoms with Crippen molar-refractivity contribution in [1.82, 2.24) is 4.72 Å². The molecule has 1 fully saturated rings. The molecule has 0 unspecified atom stereocenters. The Balaban J connectivity index is 1.61. The van der Waals surface area contributed by atoms with Crippen molar-refractivity contribution in [3.8, 4) is 11.1 Å². The lowest BCUT2D eigenvalue weighted by Gasteiger charge is -2.13. The van der Waals surface area contributed by atoms with Crippen LogP contribution in [0.15, 0.2) is 64.2 Å². The zero-order valence-electron chi connectivity index (χ0n) is 16.9. The standard InChI is InChI=1S/C23H20F3NO3S2/c24-23(25,26)18-3-1-2-15(10-18)11-20(28)12-17-13-21(32(29,30)27-19-4-5-19)6-7-22(17)16-8-9-31-14-16/h1-3,6-10,13-14,19,27H,4-5,11-12H2. The lowest BCUT2D eigenvalue weighted by atomic mass is 9.95. The highest BCUT2D eigenvalue weighted by Gasteiger charge is 2.31. The third kappa shape index (κ3) is 5.46. The first-order valence-corrected chi connectivity index (χ1v) is 12.4. The first-order valence-electron chi connectivity index (χ1n) is 9.97. The zero-order chi connectivity index (χ0) is 22.9. The SMILES string of the molecule is O=C(Cc1cccc(C(F)(F)F)c1)Cc1cc(S(=O)(=O)NC2CC2)ccc1-c1ccsc1. The van der Waals surface area contributed by atoms with Gasteiger partial charge in [-0.15, -0.1) is 0 Å². The second-order valence-corrected chi connectivity index (χ2v) is 10.3. The fourth-order valence-corrected chi connectivity index (χ4v) is 5.44. The van der Waals surface area contributed by atoms with Crippen LogP contribution in [0.1, 0.15) is 29.5 Å². The highest BCUT2D eigenvalue weighted by Crippen LogP contribution is 2.31. The molecule has 1 saturated carbocycles. The predicted molar refractivity (Wildman–Crippen MR) is 117 cm³/mol. The highest BCUT2D eigenvalue weighted by atomic mass is 32.2. The zero-order valence-corrected chi connectivity index (χ0v) is 18.5. The summed E-state index contributed by atoms with van der Waals surface area (Å²) in [5.74, 6) is -0.300. The van der Waals surface area contributed by atoms with Gasteiger partial charge in [0.05, 0.1) is 10.5 Å². The smallest absolute Gasteiger partial charge is 0.299 e. The summed E-state index contributed by atoms with van der Waals surface area (Å²) < 4.78 is 66.8. The van der Waals surface area contributed by atoms with Gasteiger partial charge >= 0.3 is 6.18 Å². The predicted octanol–water partition coefficient (Wildman–Crippen LogP) is 5.23. The van der Waals surface area contributed by atoms with Gasteiger partial charge in [0.1, 0.15) is 5.78 Å². The van der Waals surface area contributed by atoms with E-state index in [0.717, 1.165) is 36.1 Å². The number of ketones is 1. The summed E-state index contributed by atoms with van der Waals surface area (Å²) in [6.07, 6.45) is -3.15. The first kappa shape index (κ1) is 22.7. The van der Waals surface area contributed by atoms with Crippen molar-refractivity contribution in [3.63, 3.8) is 0 Å². The van der Waals surface area contributed by atoms with E-state index in [2.05, 4.69) is 4.72 Å². The summed E-state index contributed by atoms with van der Waals surface area (Å²) in [6.45, 7) is 0. The first-order chi connectivity index (χ1) is 15.1. The van der Waals surface area contributed by atoms with Crippen LogP contribution in [0.25, 0.3) is 11.1 Å². The van der Waals surface area contributed by atoms with Crippen LogP contribution >= 0.6 is 11.3 Å².